The Labute approximate surface area is 176 Å². The highest BCUT2D eigenvalue weighted by Gasteiger charge is 2.22. The maximum absolute atomic E-state index is 11.8. The first-order chi connectivity index (χ1) is 15.1. The van der Waals surface area contributed by atoms with Gasteiger partial charge in [-0.1, -0.05) is 5.21 Å². The minimum absolute atomic E-state index is 0.0774. The Morgan fingerprint density at radius 1 is 1.23 bits per heavy atom. The van der Waals surface area contributed by atoms with Gasteiger partial charge in [-0.2, -0.15) is 0 Å². The van der Waals surface area contributed by atoms with Crippen LogP contribution in [0, 0.1) is 6.92 Å². The zero-order valence-electron chi connectivity index (χ0n) is 16.8. The molecule has 1 N–H and O–H groups in total. The number of fused-ring (bicyclic) bond motifs is 3. The van der Waals surface area contributed by atoms with Crippen LogP contribution in [0.2, 0.25) is 0 Å². The highest BCUT2D eigenvalue weighted by atomic mass is 16.5. The van der Waals surface area contributed by atoms with E-state index in [1.54, 1.807) is 10.7 Å². The second kappa shape index (κ2) is 6.50. The summed E-state index contributed by atoms with van der Waals surface area (Å²) in [6.45, 7) is 2.59. The lowest BCUT2D eigenvalue weighted by Crippen LogP contribution is -2.10. The molecule has 0 amide bonds. The van der Waals surface area contributed by atoms with Crippen LogP contribution in [0.5, 0.6) is 5.75 Å². The quantitative estimate of drug-likeness (QED) is 0.484. The van der Waals surface area contributed by atoms with Gasteiger partial charge in [-0.05, 0) is 65.6 Å². The number of nitrogens with zero attached hydrogens (tertiary/aromatic N) is 4. The van der Waals surface area contributed by atoms with E-state index in [1.165, 1.54) is 5.56 Å². The zero-order chi connectivity index (χ0) is 21.1. The topological polar surface area (TPSA) is 89.6 Å². The van der Waals surface area contributed by atoms with Crippen LogP contribution in [0.15, 0.2) is 48.8 Å². The third-order valence-electron chi connectivity index (χ3n) is 6.07. The highest BCUT2D eigenvalue weighted by Crippen LogP contribution is 2.42. The van der Waals surface area contributed by atoms with Crippen molar-refractivity contribution in [2.24, 2.45) is 0 Å². The van der Waals surface area contributed by atoms with Crippen LogP contribution in [-0.4, -0.2) is 37.5 Å². The monoisotopic (exact) mass is 410 g/mol. The van der Waals surface area contributed by atoms with E-state index in [-0.39, 0.29) is 6.42 Å². The number of aromatic nitrogens is 4. The molecule has 0 atom stereocenters. The number of hydrogen-bond donors (Lipinski definition) is 1. The maximum atomic E-state index is 11.8. The number of rotatable bonds is 3. The molecule has 152 valence electrons. The van der Waals surface area contributed by atoms with Crippen LogP contribution in [0.3, 0.4) is 0 Å². The van der Waals surface area contributed by atoms with Crippen LogP contribution >= 0.6 is 0 Å². The molecule has 0 saturated carbocycles. The van der Waals surface area contributed by atoms with E-state index < -0.39 is 5.97 Å². The van der Waals surface area contributed by atoms with Crippen molar-refractivity contribution in [1.82, 2.24) is 19.8 Å². The van der Waals surface area contributed by atoms with E-state index in [4.69, 9.17) is 9.72 Å². The average Bonchev–Trinajstić information content (AvgIpc) is 3.25. The molecule has 0 unspecified atom stereocenters. The smallest absolute Gasteiger partial charge is 0.307 e. The number of carboxylic acid groups (broad SMARTS) is 1. The fourth-order valence-corrected chi connectivity index (χ4v) is 4.70. The summed E-state index contributed by atoms with van der Waals surface area (Å²) in [5.74, 6) is -0.0481. The lowest BCUT2D eigenvalue weighted by atomic mass is 9.88. The first kappa shape index (κ1) is 17.8. The molecule has 6 rings (SSSR count). The Hall–Kier alpha value is -4.00. The van der Waals surface area contributed by atoms with Crippen LogP contribution < -0.4 is 4.74 Å². The minimum Gasteiger partial charge on any atom is -0.493 e. The van der Waals surface area contributed by atoms with Gasteiger partial charge in [-0.15, -0.1) is 5.10 Å². The number of carboxylic acids is 1. The molecule has 0 aliphatic carbocycles. The maximum Gasteiger partial charge on any atom is 0.307 e. The van der Waals surface area contributed by atoms with Gasteiger partial charge in [0, 0.05) is 29.0 Å². The summed E-state index contributed by atoms with van der Waals surface area (Å²) in [6.07, 6.45) is 4.28. The minimum atomic E-state index is -0.871. The van der Waals surface area contributed by atoms with Crippen LogP contribution in [0.4, 0.5) is 0 Å². The third-order valence-corrected chi connectivity index (χ3v) is 6.07. The van der Waals surface area contributed by atoms with E-state index in [9.17, 15) is 9.90 Å². The largest absolute Gasteiger partial charge is 0.493 e. The van der Waals surface area contributed by atoms with Crippen molar-refractivity contribution in [1.29, 1.82) is 0 Å². The van der Waals surface area contributed by atoms with Crippen molar-refractivity contribution < 1.29 is 14.6 Å². The van der Waals surface area contributed by atoms with Gasteiger partial charge in [0.2, 0.25) is 0 Å². The van der Waals surface area contributed by atoms with Gasteiger partial charge < -0.3 is 9.84 Å². The van der Waals surface area contributed by atoms with Gasteiger partial charge in [0.1, 0.15) is 5.75 Å². The number of aliphatic carboxylic acids is 1. The molecule has 7 heteroatoms. The van der Waals surface area contributed by atoms with Crippen LogP contribution in [0.25, 0.3) is 38.4 Å². The summed E-state index contributed by atoms with van der Waals surface area (Å²) >= 11 is 0. The van der Waals surface area contributed by atoms with Crippen molar-refractivity contribution in [3.05, 3.63) is 65.5 Å². The predicted molar refractivity (Wildman–Crippen MR) is 117 cm³/mol. The third kappa shape index (κ3) is 2.59. The number of carbonyl (C=O) groups is 1. The van der Waals surface area contributed by atoms with Crippen molar-refractivity contribution in [2.75, 3.05) is 6.61 Å². The van der Waals surface area contributed by atoms with Gasteiger partial charge in [0.25, 0.3) is 0 Å². The SMILES string of the molecule is Cc1cc2c(ccc3cnnn32)c(-c2ccc3c4c(ccnc24)CCO3)c1CC(=O)O. The van der Waals surface area contributed by atoms with Crippen molar-refractivity contribution in [2.45, 2.75) is 19.8 Å². The fourth-order valence-electron chi connectivity index (χ4n) is 4.70. The Morgan fingerprint density at radius 2 is 2.13 bits per heavy atom. The van der Waals surface area contributed by atoms with E-state index >= 15 is 0 Å². The molecule has 0 fully saturated rings. The average molecular weight is 410 g/mol. The van der Waals surface area contributed by atoms with E-state index in [0.29, 0.717) is 6.61 Å². The molecule has 0 saturated heterocycles. The summed E-state index contributed by atoms with van der Waals surface area (Å²) in [5, 5.41) is 19.9. The van der Waals surface area contributed by atoms with E-state index in [2.05, 4.69) is 10.3 Å². The number of benzene rings is 2. The van der Waals surface area contributed by atoms with Crippen molar-refractivity contribution in [3.8, 4) is 16.9 Å². The molecular formula is C24H18N4O3. The lowest BCUT2D eigenvalue weighted by molar-refractivity contribution is -0.136. The number of pyridine rings is 2. The lowest BCUT2D eigenvalue weighted by Gasteiger charge is -2.21. The summed E-state index contributed by atoms with van der Waals surface area (Å²) < 4.78 is 7.67. The highest BCUT2D eigenvalue weighted by molar-refractivity contribution is 6.08. The van der Waals surface area contributed by atoms with E-state index in [1.807, 2.05) is 49.5 Å². The molecule has 2 aromatic carbocycles. The summed E-state index contributed by atoms with van der Waals surface area (Å²) in [6, 6.07) is 11.9. The van der Waals surface area contributed by atoms with Gasteiger partial charge in [0.05, 0.1) is 35.8 Å². The zero-order valence-corrected chi connectivity index (χ0v) is 16.8. The van der Waals surface area contributed by atoms with Gasteiger partial charge in [-0.25, -0.2) is 4.52 Å². The van der Waals surface area contributed by atoms with Crippen LogP contribution in [-0.2, 0) is 17.6 Å². The molecule has 0 spiro atoms. The molecule has 3 aromatic heterocycles. The predicted octanol–water partition coefficient (Wildman–Crippen LogP) is 3.97. The second-order valence-electron chi connectivity index (χ2n) is 7.86. The molecule has 4 heterocycles. The van der Waals surface area contributed by atoms with E-state index in [0.717, 1.165) is 61.7 Å². The molecule has 0 bridgehead atoms. The number of hydrogen-bond acceptors (Lipinski definition) is 5. The fraction of sp³-hybridized carbons (Fsp3) is 0.167. The van der Waals surface area contributed by atoms with Gasteiger partial charge in [-0.3, -0.25) is 9.78 Å². The standard InChI is InChI=1S/C24H18N4O3/c1-13-10-19-16(3-2-15-12-26-27-28(15)19)23(18(13)11-21(29)30)17-4-5-20-22-14(7-9-31-20)6-8-25-24(17)22/h2-6,8,10,12H,7,9,11H2,1H3,(H,29,30). The summed E-state index contributed by atoms with van der Waals surface area (Å²) in [5.41, 5.74) is 7.23. The Morgan fingerprint density at radius 3 is 3.00 bits per heavy atom. The molecule has 0 radical (unpaired) electrons. The molecule has 7 nitrogen and oxygen atoms in total. The summed E-state index contributed by atoms with van der Waals surface area (Å²) in [7, 11) is 0. The number of aryl methyl sites for hydroxylation is 1. The molecular weight excluding hydrogens is 392 g/mol. The summed E-state index contributed by atoms with van der Waals surface area (Å²) in [4.78, 5) is 16.5. The Kier molecular flexibility index (Phi) is 3.74. The van der Waals surface area contributed by atoms with Crippen molar-refractivity contribution in [3.63, 3.8) is 0 Å². The second-order valence-corrected chi connectivity index (χ2v) is 7.86. The van der Waals surface area contributed by atoms with Crippen LogP contribution in [0.1, 0.15) is 16.7 Å². The first-order valence-corrected chi connectivity index (χ1v) is 10.1. The first-order valence-electron chi connectivity index (χ1n) is 10.1. The van der Waals surface area contributed by atoms with Gasteiger partial charge in [0.15, 0.2) is 0 Å². The molecule has 5 aromatic rings. The molecule has 1 aliphatic heterocycles. The number of ether oxygens (including phenoxy) is 1. The Balaban J connectivity index is 1.79. The molecule has 1 aliphatic rings. The van der Waals surface area contributed by atoms with Crippen molar-refractivity contribution >= 4 is 33.3 Å². The van der Waals surface area contributed by atoms with Gasteiger partial charge >= 0.3 is 5.97 Å². The molecule has 31 heavy (non-hydrogen) atoms. The Bertz CT molecular complexity index is 1530. The normalized spacial score (nSPS) is 13.1.